The molecule has 0 bridgehead atoms. The highest BCUT2D eigenvalue weighted by Gasteiger charge is 2.11. The van der Waals surface area contributed by atoms with Crippen LogP contribution >= 0.6 is 0 Å². The van der Waals surface area contributed by atoms with Gasteiger partial charge in [-0.1, -0.05) is 6.07 Å². The summed E-state index contributed by atoms with van der Waals surface area (Å²) in [6, 6.07) is 9.97. The lowest BCUT2D eigenvalue weighted by atomic mass is 10.0. The molecular formula is C19H24N4O. The summed E-state index contributed by atoms with van der Waals surface area (Å²) < 4.78 is 0. The normalized spacial score (nSPS) is 10.9. The molecule has 0 aliphatic rings. The third-order valence-electron chi connectivity index (χ3n) is 3.58. The van der Waals surface area contributed by atoms with E-state index in [1.807, 2.05) is 52.0 Å². The zero-order valence-corrected chi connectivity index (χ0v) is 14.8. The minimum Gasteiger partial charge on any atom is -0.371 e. The molecule has 0 heterocycles. The quantitative estimate of drug-likeness (QED) is 0.617. The van der Waals surface area contributed by atoms with Crippen LogP contribution in [0.1, 0.15) is 38.3 Å². The monoisotopic (exact) mass is 324 g/mol. The van der Waals surface area contributed by atoms with Crippen molar-refractivity contribution in [3.8, 4) is 12.1 Å². The maximum atomic E-state index is 12.0. The Balaban J connectivity index is 3.06. The molecule has 0 saturated carbocycles. The fraction of sp³-hybridized carbons (Fsp3) is 0.421. The van der Waals surface area contributed by atoms with Crippen molar-refractivity contribution in [1.29, 1.82) is 10.5 Å². The summed E-state index contributed by atoms with van der Waals surface area (Å²) in [6.45, 7) is 9.20. The second-order valence-corrected chi connectivity index (χ2v) is 5.83. The Bertz CT molecular complexity index is 692. The first-order chi connectivity index (χ1) is 11.4. The predicted molar refractivity (Wildman–Crippen MR) is 96.2 cm³/mol. The number of hydrogen-bond donors (Lipinski definition) is 1. The summed E-state index contributed by atoms with van der Waals surface area (Å²) in [6.07, 6.45) is 2.09. The summed E-state index contributed by atoms with van der Waals surface area (Å²) in [5, 5.41) is 20.7. The topological polar surface area (TPSA) is 79.9 Å². The molecule has 0 unspecified atom stereocenters. The van der Waals surface area contributed by atoms with Gasteiger partial charge in [0.15, 0.2) is 0 Å². The van der Waals surface area contributed by atoms with E-state index in [-0.39, 0.29) is 17.5 Å². The molecular weight excluding hydrogens is 300 g/mol. The Kier molecular flexibility index (Phi) is 7.52. The van der Waals surface area contributed by atoms with Gasteiger partial charge in [0, 0.05) is 24.8 Å². The van der Waals surface area contributed by atoms with Gasteiger partial charge in [0.2, 0.25) is 0 Å². The molecule has 1 rings (SSSR count). The van der Waals surface area contributed by atoms with E-state index in [0.717, 1.165) is 23.4 Å². The summed E-state index contributed by atoms with van der Waals surface area (Å²) in [7, 11) is 0. The highest BCUT2D eigenvalue weighted by molar-refractivity contribution is 6.02. The molecule has 5 nitrogen and oxygen atoms in total. The number of carbonyl (C=O) groups excluding carboxylic acids is 1. The second-order valence-electron chi connectivity index (χ2n) is 5.83. The molecule has 0 aliphatic heterocycles. The number of rotatable bonds is 7. The Hall–Kier alpha value is -2.79. The van der Waals surface area contributed by atoms with Crippen LogP contribution in [0.2, 0.25) is 0 Å². The minimum absolute atomic E-state index is 0.0176. The number of aryl methyl sites for hydroxylation is 1. The zero-order valence-electron chi connectivity index (χ0n) is 14.8. The van der Waals surface area contributed by atoms with Gasteiger partial charge in [0.25, 0.3) is 5.91 Å². The van der Waals surface area contributed by atoms with Crippen molar-refractivity contribution in [3.05, 3.63) is 34.9 Å². The Morgan fingerprint density at radius 2 is 2.08 bits per heavy atom. The van der Waals surface area contributed by atoms with Crippen LogP contribution in [0, 0.1) is 29.6 Å². The van der Waals surface area contributed by atoms with Crippen molar-refractivity contribution in [2.24, 2.45) is 0 Å². The van der Waals surface area contributed by atoms with E-state index in [2.05, 4.69) is 16.3 Å². The van der Waals surface area contributed by atoms with Crippen molar-refractivity contribution in [2.75, 3.05) is 18.0 Å². The molecule has 0 aromatic heterocycles. The van der Waals surface area contributed by atoms with E-state index in [4.69, 9.17) is 5.26 Å². The molecule has 0 spiro atoms. The molecule has 0 aliphatic carbocycles. The molecule has 1 aromatic carbocycles. The number of nitriles is 2. The number of hydrogen-bond acceptors (Lipinski definition) is 4. The molecule has 0 fully saturated rings. The highest BCUT2D eigenvalue weighted by atomic mass is 16.1. The van der Waals surface area contributed by atoms with Crippen LogP contribution in [0.25, 0.3) is 6.08 Å². The van der Waals surface area contributed by atoms with Gasteiger partial charge in [-0.05, 0) is 57.0 Å². The summed E-state index contributed by atoms with van der Waals surface area (Å²) in [5.41, 5.74) is 2.95. The molecule has 1 aromatic rings. The van der Waals surface area contributed by atoms with Gasteiger partial charge in [0.1, 0.15) is 11.6 Å². The summed E-state index contributed by atoms with van der Waals surface area (Å²) >= 11 is 0. The van der Waals surface area contributed by atoms with Crippen LogP contribution in [0.5, 0.6) is 0 Å². The fourth-order valence-corrected chi connectivity index (χ4v) is 2.32. The van der Waals surface area contributed by atoms with E-state index in [9.17, 15) is 10.1 Å². The Labute approximate surface area is 144 Å². The van der Waals surface area contributed by atoms with Crippen molar-refractivity contribution in [2.45, 2.75) is 40.2 Å². The van der Waals surface area contributed by atoms with Crippen LogP contribution in [-0.4, -0.2) is 25.0 Å². The molecule has 0 atom stereocenters. The van der Waals surface area contributed by atoms with Crippen molar-refractivity contribution < 1.29 is 4.79 Å². The van der Waals surface area contributed by atoms with Crippen molar-refractivity contribution in [1.82, 2.24) is 5.32 Å². The van der Waals surface area contributed by atoms with Gasteiger partial charge < -0.3 is 10.2 Å². The first-order valence-corrected chi connectivity index (χ1v) is 8.08. The molecule has 5 heteroatoms. The fourth-order valence-electron chi connectivity index (χ4n) is 2.32. The van der Waals surface area contributed by atoms with Crippen molar-refractivity contribution >= 4 is 17.7 Å². The van der Waals surface area contributed by atoms with Gasteiger partial charge >= 0.3 is 0 Å². The first-order valence-electron chi connectivity index (χ1n) is 8.08. The average Bonchev–Trinajstić information content (AvgIpc) is 2.54. The van der Waals surface area contributed by atoms with Crippen LogP contribution < -0.4 is 10.2 Å². The third kappa shape index (κ3) is 5.44. The molecule has 24 heavy (non-hydrogen) atoms. The van der Waals surface area contributed by atoms with Crippen LogP contribution in [0.15, 0.2) is 23.8 Å². The van der Waals surface area contributed by atoms with Gasteiger partial charge in [-0.25, -0.2) is 0 Å². The van der Waals surface area contributed by atoms with E-state index in [1.165, 1.54) is 0 Å². The largest absolute Gasteiger partial charge is 0.371 e. The Morgan fingerprint density at radius 3 is 2.58 bits per heavy atom. The van der Waals surface area contributed by atoms with E-state index < -0.39 is 0 Å². The minimum atomic E-state index is -0.361. The average molecular weight is 324 g/mol. The van der Waals surface area contributed by atoms with Gasteiger partial charge in [-0.15, -0.1) is 0 Å². The molecule has 126 valence electrons. The van der Waals surface area contributed by atoms with E-state index >= 15 is 0 Å². The molecule has 1 amide bonds. The summed E-state index contributed by atoms with van der Waals surface area (Å²) in [4.78, 5) is 14.1. The SMILES string of the molecule is CCN(CCC#N)c1ccc(/C=C(\C#N)C(=O)NC(C)C)c(C)c1. The molecule has 0 radical (unpaired) electrons. The van der Waals surface area contributed by atoms with Gasteiger partial charge in [-0.3, -0.25) is 4.79 Å². The molecule has 1 N–H and O–H groups in total. The highest BCUT2D eigenvalue weighted by Crippen LogP contribution is 2.21. The lowest BCUT2D eigenvalue weighted by molar-refractivity contribution is -0.117. The van der Waals surface area contributed by atoms with Crippen molar-refractivity contribution in [3.63, 3.8) is 0 Å². The van der Waals surface area contributed by atoms with Gasteiger partial charge in [-0.2, -0.15) is 10.5 Å². The zero-order chi connectivity index (χ0) is 18.1. The lowest BCUT2D eigenvalue weighted by Gasteiger charge is -2.22. The predicted octanol–water partition coefficient (Wildman–Crippen LogP) is 3.17. The number of nitrogens with one attached hydrogen (secondary N) is 1. The van der Waals surface area contributed by atoms with Crippen LogP contribution in [0.3, 0.4) is 0 Å². The smallest absolute Gasteiger partial charge is 0.262 e. The number of nitrogens with zero attached hydrogens (tertiary/aromatic N) is 3. The Morgan fingerprint density at radius 1 is 1.38 bits per heavy atom. The third-order valence-corrected chi connectivity index (χ3v) is 3.58. The summed E-state index contributed by atoms with van der Waals surface area (Å²) in [5.74, 6) is -0.361. The standard InChI is InChI=1S/C19H24N4O/c1-5-23(10-6-9-20)18-8-7-16(15(4)11-18)12-17(13-21)19(24)22-14(2)3/h7-8,11-12,14H,5-6,10H2,1-4H3,(H,22,24)/b17-12+. The first kappa shape index (κ1) is 19.3. The number of benzene rings is 1. The van der Waals surface area contributed by atoms with E-state index in [0.29, 0.717) is 13.0 Å². The lowest BCUT2D eigenvalue weighted by Crippen LogP contribution is -2.30. The number of carbonyl (C=O) groups is 1. The number of anilines is 1. The maximum Gasteiger partial charge on any atom is 0.262 e. The van der Waals surface area contributed by atoms with Gasteiger partial charge in [0.05, 0.1) is 12.5 Å². The second kappa shape index (κ2) is 9.37. The molecule has 0 saturated heterocycles. The van der Waals surface area contributed by atoms with Crippen LogP contribution in [-0.2, 0) is 4.79 Å². The maximum absolute atomic E-state index is 12.0. The number of amides is 1. The van der Waals surface area contributed by atoms with Crippen LogP contribution in [0.4, 0.5) is 5.69 Å². The van der Waals surface area contributed by atoms with E-state index in [1.54, 1.807) is 6.08 Å².